The number of carbonyl (C=O) groups excluding carboxylic acids is 1. The number of amides is 1. The minimum Gasteiger partial charge on any atom is -0.388 e. The van der Waals surface area contributed by atoms with Crippen molar-refractivity contribution >= 4 is 28.9 Å². The molecule has 186 valence electrons. The molecule has 0 radical (unpaired) electrons. The van der Waals surface area contributed by atoms with Crippen LogP contribution >= 0.6 is 11.6 Å². The van der Waals surface area contributed by atoms with Gasteiger partial charge in [-0.05, 0) is 44.5 Å². The van der Waals surface area contributed by atoms with E-state index in [9.17, 15) is 19.1 Å². The highest BCUT2D eigenvalue weighted by molar-refractivity contribution is 6.34. The zero-order valence-corrected chi connectivity index (χ0v) is 20.4. The van der Waals surface area contributed by atoms with Crippen LogP contribution in [0.2, 0.25) is 5.02 Å². The Morgan fingerprint density at radius 2 is 1.89 bits per heavy atom. The van der Waals surface area contributed by atoms with Gasteiger partial charge in [-0.25, -0.2) is 13.6 Å². The molecule has 1 atom stereocenters. The lowest BCUT2D eigenvalue weighted by Gasteiger charge is -2.41. The molecule has 0 aliphatic carbocycles. The molecule has 1 aliphatic rings. The molecule has 2 aromatic carbocycles. The quantitative estimate of drug-likeness (QED) is 0.523. The minimum atomic E-state index is -0.853. The van der Waals surface area contributed by atoms with E-state index in [1.807, 2.05) is 18.7 Å². The third-order valence-electron chi connectivity index (χ3n) is 6.21. The largest absolute Gasteiger partial charge is 0.388 e. The summed E-state index contributed by atoms with van der Waals surface area (Å²) in [7, 11) is 0. The van der Waals surface area contributed by atoms with E-state index in [2.05, 4.69) is 5.10 Å². The van der Waals surface area contributed by atoms with Gasteiger partial charge in [0.05, 0.1) is 22.9 Å². The van der Waals surface area contributed by atoms with Crippen molar-refractivity contribution in [3.05, 3.63) is 68.9 Å². The van der Waals surface area contributed by atoms with Crippen molar-refractivity contribution in [3.8, 4) is 5.69 Å². The molecule has 2 heterocycles. The third-order valence-corrected chi connectivity index (χ3v) is 6.52. The Morgan fingerprint density at radius 1 is 1.14 bits per heavy atom. The second-order valence-corrected chi connectivity index (χ2v) is 8.79. The normalized spacial score (nSPS) is 14.4. The molecule has 0 saturated carbocycles. The first-order chi connectivity index (χ1) is 16.7. The summed E-state index contributed by atoms with van der Waals surface area (Å²) >= 11 is 6.25. The molecule has 1 aromatic heterocycles. The summed E-state index contributed by atoms with van der Waals surface area (Å²) in [6, 6.07) is 6.49. The lowest BCUT2D eigenvalue weighted by molar-refractivity contribution is 0.0980. The van der Waals surface area contributed by atoms with Gasteiger partial charge in [0.1, 0.15) is 29.6 Å². The lowest BCUT2D eigenvalue weighted by atomic mass is 10.0. The predicted molar refractivity (Wildman–Crippen MR) is 129 cm³/mol. The van der Waals surface area contributed by atoms with Crippen LogP contribution in [0.4, 0.5) is 20.2 Å². The minimum absolute atomic E-state index is 0.0150. The molecule has 1 aliphatic heterocycles. The molecule has 4 rings (SSSR count). The van der Waals surface area contributed by atoms with Gasteiger partial charge in [0.25, 0.3) is 5.91 Å². The van der Waals surface area contributed by atoms with Crippen LogP contribution < -0.4 is 15.5 Å². The average molecular weight is 506 g/mol. The number of hydrogen-bond donors (Lipinski definition) is 1. The van der Waals surface area contributed by atoms with Gasteiger partial charge in [-0.3, -0.25) is 14.3 Å². The van der Waals surface area contributed by atoms with Crippen LogP contribution in [0, 0.1) is 11.6 Å². The van der Waals surface area contributed by atoms with Crippen LogP contribution in [0.1, 0.15) is 49.8 Å². The Morgan fingerprint density at radius 3 is 2.49 bits per heavy atom. The van der Waals surface area contributed by atoms with Gasteiger partial charge in [0, 0.05) is 12.6 Å². The number of halogens is 3. The maximum atomic E-state index is 15.4. The maximum absolute atomic E-state index is 15.4. The summed E-state index contributed by atoms with van der Waals surface area (Å²) in [6.07, 6.45) is 1.59. The van der Waals surface area contributed by atoms with E-state index in [4.69, 9.17) is 11.6 Å². The van der Waals surface area contributed by atoms with Crippen molar-refractivity contribution in [1.82, 2.24) is 14.3 Å². The van der Waals surface area contributed by atoms with Gasteiger partial charge in [0.15, 0.2) is 5.82 Å². The van der Waals surface area contributed by atoms with Gasteiger partial charge in [0.2, 0.25) is 0 Å². The highest BCUT2D eigenvalue weighted by Gasteiger charge is 2.36. The summed E-state index contributed by atoms with van der Waals surface area (Å²) in [5, 5.41) is 13.7. The second kappa shape index (κ2) is 9.79. The fourth-order valence-corrected chi connectivity index (χ4v) is 4.72. The number of aliphatic hydroxyl groups excluding tert-OH is 1. The van der Waals surface area contributed by atoms with Crippen LogP contribution in [0.15, 0.2) is 35.1 Å². The third kappa shape index (κ3) is 4.21. The summed E-state index contributed by atoms with van der Waals surface area (Å²) in [5.41, 5.74) is -0.404. The number of rotatable bonds is 7. The van der Waals surface area contributed by atoms with E-state index in [-0.39, 0.29) is 47.0 Å². The Labute approximate surface area is 205 Å². The molecule has 1 amide bonds. The fourth-order valence-electron chi connectivity index (χ4n) is 4.46. The van der Waals surface area contributed by atoms with Crippen LogP contribution in [0.5, 0.6) is 0 Å². The number of carbonyl (C=O) groups is 1. The molecule has 0 bridgehead atoms. The van der Waals surface area contributed by atoms with Crippen molar-refractivity contribution in [1.29, 1.82) is 0 Å². The van der Waals surface area contributed by atoms with Gasteiger partial charge in [-0.1, -0.05) is 31.0 Å². The Bertz CT molecular complexity index is 1320. The SMILES string of the molecule is CCC[C@H](C)N1CN(c2c(F)cccc2Cl)C(=O)c2cc(F)c(-n3nc(CO)n(CC)c3=O)cc21. The van der Waals surface area contributed by atoms with Crippen LogP contribution in [0.25, 0.3) is 5.69 Å². The van der Waals surface area contributed by atoms with E-state index < -0.39 is 29.8 Å². The van der Waals surface area contributed by atoms with Gasteiger partial charge < -0.3 is 10.0 Å². The van der Waals surface area contributed by atoms with Crippen molar-refractivity contribution in [2.45, 2.75) is 52.8 Å². The average Bonchev–Trinajstić information content (AvgIpc) is 3.15. The maximum Gasteiger partial charge on any atom is 0.350 e. The Kier molecular flexibility index (Phi) is 6.95. The number of hydrogen-bond acceptors (Lipinski definition) is 5. The van der Waals surface area contributed by atoms with Gasteiger partial charge >= 0.3 is 5.69 Å². The summed E-state index contributed by atoms with van der Waals surface area (Å²) in [5.74, 6) is -2.03. The number of fused-ring (bicyclic) bond motifs is 1. The first kappa shape index (κ1) is 24.9. The molecule has 0 saturated heterocycles. The molecular formula is C24H26ClF2N5O3. The van der Waals surface area contributed by atoms with Crippen LogP contribution in [-0.4, -0.2) is 38.1 Å². The van der Waals surface area contributed by atoms with Crippen LogP contribution in [-0.2, 0) is 13.2 Å². The molecule has 35 heavy (non-hydrogen) atoms. The van der Waals surface area contributed by atoms with Crippen molar-refractivity contribution in [2.24, 2.45) is 0 Å². The Balaban J connectivity index is 1.91. The summed E-state index contributed by atoms with van der Waals surface area (Å²) < 4.78 is 32.2. The Hall–Kier alpha value is -3.24. The number of para-hydroxylation sites is 1. The molecule has 0 fully saturated rings. The molecule has 0 unspecified atom stereocenters. The highest BCUT2D eigenvalue weighted by atomic mass is 35.5. The van der Waals surface area contributed by atoms with E-state index in [1.165, 1.54) is 33.7 Å². The predicted octanol–water partition coefficient (Wildman–Crippen LogP) is 4.09. The zero-order valence-electron chi connectivity index (χ0n) is 19.6. The monoisotopic (exact) mass is 505 g/mol. The summed E-state index contributed by atoms with van der Waals surface area (Å²) in [4.78, 5) is 29.4. The van der Waals surface area contributed by atoms with Gasteiger partial charge in [-0.15, -0.1) is 5.10 Å². The molecule has 11 heteroatoms. The number of benzene rings is 2. The van der Waals surface area contributed by atoms with Crippen molar-refractivity contribution < 1.29 is 18.7 Å². The van der Waals surface area contributed by atoms with Crippen molar-refractivity contribution in [2.75, 3.05) is 16.5 Å². The van der Waals surface area contributed by atoms with Crippen LogP contribution in [0.3, 0.4) is 0 Å². The molecular weight excluding hydrogens is 480 g/mol. The zero-order chi connectivity index (χ0) is 25.4. The van der Waals surface area contributed by atoms with E-state index in [1.54, 1.807) is 6.92 Å². The van der Waals surface area contributed by atoms with E-state index in [0.717, 1.165) is 23.6 Å². The number of anilines is 2. The first-order valence-corrected chi connectivity index (χ1v) is 11.8. The number of aliphatic hydroxyl groups is 1. The molecule has 3 aromatic rings. The summed E-state index contributed by atoms with van der Waals surface area (Å²) in [6.45, 7) is 5.43. The first-order valence-electron chi connectivity index (χ1n) is 11.4. The number of nitrogens with zero attached hydrogens (tertiary/aromatic N) is 5. The smallest absolute Gasteiger partial charge is 0.350 e. The second-order valence-electron chi connectivity index (χ2n) is 8.39. The number of aromatic nitrogens is 3. The topological polar surface area (TPSA) is 83.6 Å². The molecule has 8 nitrogen and oxygen atoms in total. The fraction of sp³-hybridized carbons (Fsp3) is 0.375. The van der Waals surface area contributed by atoms with Gasteiger partial charge in [-0.2, -0.15) is 4.68 Å². The highest BCUT2D eigenvalue weighted by Crippen LogP contribution is 2.38. The van der Waals surface area contributed by atoms with E-state index in [0.29, 0.717) is 5.69 Å². The molecule has 0 spiro atoms. The standard InChI is InChI=1S/C24H26ClF2N5O3/c1-4-7-14(3)30-13-31(22-16(25)8-6-9-17(22)26)23(34)15-10-18(27)20(11-19(15)30)32-24(35)29(5-2)21(12-33)28-32/h6,8-11,14,33H,4-5,7,12-13H2,1-3H3/t14-/m0/s1. The van der Waals surface area contributed by atoms with Crippen molar-refractivity contribution in [3.63, 3.8) is 0 Å². The lowest BCUT2D eigenvalue weighted by Crippen LogP contribution is -2.51. The molecule has 1 N–H and O–H groups in total. The van der Waals surface area contributed by atoms with E-state index >= 15 is 4.39 Å².